The molecule has 1 aromatic rings. The van der Waals surface area contributed by atoms with E-state index in [2.05, 4.69) is 34.1 Å². The fraction of sp³-hybridized carbons (Fsp3) is 0.870. The summed E-state index contributed by atoms with van der Waals surface area (Å²) in [5.41, 5.74) is 0.158. The molecule has 30 heavy (non-hydrogen) atoms. The Hall–Kier alpha value is -1.47. The van der Waals surface area contributed by atoms with Gasteiger partial charge in [-0.25, -0.2) is 9.67 Å². The summed E-state index contributed by atoms with van der Waals surface area (Å²) in [7, 11) is 0. The molecule has 7 heteroatoms. The number of likely N-dealkylation sites (tertiary alicyclic amines) is 1. The van der Waals surface area contributed by atoms with Crippen LogP contribution in [0.5, 0.6) is 0 Å². The van der Waals surface area contributed by atoms with Gasteiger partial charge in [-0.3, -0.25) is 9.69 Å². The lowest BCUT2D eigenvalue weighted by Crippen LogP contribution is -2.66. The van der Waals surface area contributed by atoms with Gasteiger partial charge in [0.2, 0.25) is 0 Å². The third-order valence-electron chi connectivity index (χ3n) is 7.85. The van der Waals surface area contributed by atoms with E-state index in [0.717, 1.165) is 71.1 Å². The molecule has 1 aromatic heterocycles. The molecule has 1 N–H and O–H groups in total. The van der Waals surface area contributed by atoms with Crippen molar-refractivity contribution in [3.63, 3.8) is 0 Å². The first-order valence-corrected chi connectivity index (χ1v) is 12.2. The van der Waals surface area contributed by atoms with Crippen molar-refractivity contribution in [2.75, 3.05) is 26.2 Å². The average molecular weight is 418 g/mol. The highest BCUT2D eigenvalue weighted by molar-refractivity contribution is 5.72. The number of rotatable bonds is 9. The lowest BCUT2D eigenvalue weighted by molar-refractivity contribution is -0.191. The van der Waals surface area contributed by atoms with E-state index in [1.807, 2.05) is 11.0 Å². The van der Waals surface area contributed by atoms with Gasteiger partial charge < -0.3 is 10.1 Å². The Balaban J connectivity index is 1.37. The predicted molar refractivity (Wildman–Crippen MR) is 116 cm³/mol. The maximum atomic E-state index is 13.1. The zero-order valence-electron chi connectivity index (χ0n) is 18.8. The van der Waals surface area contributed by atoms with Crippen LogP contribution in [0.4, 0.5) is 0 Å². The van der Waals surface area contributed by atoms with Crippen LogP contribution in [0.3, 0.4) is 0 Å². The van der Waals surface area contributed by atoms with Crippen LogP contribution in [0.2, 0.25) is 0 Å². The van der Waals surface area contributed by atoms with E-state index >= 15 is 0 Å². The van der Waals surface area contributed by atoms with E-state index in [4.69, 9.17) is 4.74 Å². The second-order valence-corrected chi connectivity index (χ2v) is 9.66. The lowest BCUT2D eigenvalue weighted by Gasteiger charge is -2.56. The van der Waals surface area contributed by atoms with Crippen molar-refractivity contribution >= 4 is 5.97 Å². The van der Waals surface area contributed by atoms with Crippen molar-refractivity contribution in [1.82, 2.24) is 25.0 Å². The number of hydrogen-bond donors (Lipinski definition) is 1. The van der Waals surface area contributed by atoms with E-state index < -0.39 is 0 Å². The average Bonchev–Trinajstić information content (AvgIpc) is 3.47. The maximum absolute atomic E-state index is 13.1. The molecule has 4 rings (SSSR count). The topological polar surface area (TPSA) is 72.3 Å². The standard InChI is InChI=1S/C23H39N5O2/c1-3-5-6-7-18(4-2)22(29)30-21-20(14-23(21)10-11-24-15-23)27-12-8-19(9-13-27)28-17-25-16-26-28/h16-21,24H,3-15H2,1-2H3. The van der Waals surface area contributed by atoms with Gasteiger partial charge in [0.25, 0.3) is 0 Å². The SMILES string of the molecule is CCCCCC(CC)C(=O)OC1C(N2CCC(n3cncn3)CC2)CC12CCNC2. The van der Waals surface area contributed by atoms with Crippen LogP contribution in [-0.2, 0) is 9.53 Å². The van der Waals surface area contributed by atoms with Crippen LogP contribution < -0.4 is 5.32 Å². The van der Waals surface area contributed by atoms with E-state index in [9.17, 15) is 4.79 Å². The Labute approximate surface area is 180 Å². The molecule has 0 bridgehead atoms. The summed E-state index contributed by atoms with van der Waals surface area (Å²) >= 11 is 0. The quantitative estimate of drug-likeness (QED) is 0.491. The minimum Gasteiger partial charge on any atom is -0.460 e. The summed E-state index contributed by atoms with van der Waals surface area (Å²) in [6, 6.07) is 0.814. The van der Waals surface area contributed by atoms with Crippen LogP contribution in [0.1, 0.15) is 77.7 Å². The second-order valence-electron chi connectivity index (χ2n) is 9.66. The Kier molecular flexibility index (Phi) is 7.08. The van der Waals surface area contributed by atoms with Crippen molar-refractivity contribution < 1.29 is 9.53 Å². The van der Waals surface area contributed by atoms with Gasteiger partial charge in [0, 0.05) is 31.1 Å². The van der Waals surface area contributed by atoms with Crippen molar-refractivity contribution in [3.05, 3.63) is 12.7 Å². The monoisotopic (exact) mass is 417 g/mol. The molecule has 3 fully saturated rings. The van der Waals surface area contributed by atoms with Gasteiger partial charge in [0.05, 0.1) is 12.0 Å². The molecule has 3 aliphatic rings. The molecule has 168 valence electrons. The first-order valence-electron chi connectivity index (χ1n) is 12.2. The normalized spacial score (nSPS) is 31.0. The van der Waals surface area contributed by atoms with Crippen molar-refractivity contribution in [3.8, 4) is 0 Å². The number of carbonyl (C=O) groups excluding carboxylic acids is 1. The Morgan fingerprint density at radius 3 is 2.77 bits per heavy atom. The molecule has 7 nitrogen and oxygen atoms in total. The molecule has 1 spiro atoms. The van der Waals surface area contributed by atoms with Gasteiger partial charge in [-0.2, -0.15) is 5.10 Å². The molecule has 0 radical (unpaired) electrons. The Bertz CT molecular complexity index is 665. The molecular formula is C23H39N5O2. The molecule has 1 saturated carbocycles. The number of unbranched alkanes of at least 4 members (excludes halogenated alkanes) is 2. The van der Waals surface area contributed by atoms with E-state index in [0.29, 0.717) is 12.1 Å². The fourth-order valence-corrected chi connectivity index (χ4v) is 5.83. The first kappa shape index (κ1) is 21.8. The summed E-state index contributed by atoms with van der Waals surface area (Å²) in [5, 5.41) is 7.85. The fourth-order valence-electron chi connectivity index (χ4n) is 5.83. The summed E-state index contributed by atoms with van der Waals surface area (Å²) < 4.78 is 8.32. The van der Waals surface area contributed by atoms with Crippen LogP contribution in [0.15, 0.2) is 12.7 Å². The third-order valence-corrected chi connectivity index (χ3v) is 7.85. The molecule has 2 saturated heterocycles. The van der Waals surface area contributed by atoms with Crippen molar-refractivity contribution in [1.29, 1.82) is 0 Å². The number of ether oxygens (including phenoxy) is 1. The van der Waals surface area contributed by atoms with E-state index in [1.165, 1.54) is 12.8 Å². The summed E-state index contributed by atoms with van der Waals surface area (Å²) in [6.07, 6.45) is 13.3. The van der Waals surface area contributed by atoms with Gasteiger partial charge in [-0.15, -0.1) is 0 Å². The smallest absolute Gasteiger partial charge is 0.309 e. The molecule has 0 amide bonds. The molecule has 2 aliphatic heterocycles. The number of nitrogens with one attached hydrogen (secondary N) is 1. The molecule has 4 atom stereocenters. The van der Waals surface area contributed by atoms with Gasteiger partial charge in [0.1, 0.15) is 18.8 Å². The highest BCUT2D eigenvalue weighted by Crippen LogP contribution is 2.51. The maximum Gasteiger partial charge on any atom is 0.309 e. The highest BCUT2D eigenvalue weighted by atomic mass is 16.5. The molecule has 3 heterocycles. The lowest BCUT2D eigenvalue weighted by atomic mass is 9.61. The number of nitrogens with zero attached hydrogens (tertiary/aromatic N) is 4. The van der Waals surface area contributed by atoms with Crippen molar-refractivity contribution in [2.45, 2.75) is 89.8 Å². The van der Waals surface area contributed by atoms with Gasteiger partial charge in [-0.05, 0) is 45.1 Å². The van der Waals surface area contributed by atoms with Crippen LogP contribution in [0.25, 0.3) is 0 Å². The number of carbonyl (C=O) groups is 1. The predicted octanol–water partition coefficient (Wildman–Crippen LogP) is 3.19. The zero-order chi connectivity index (χ0) is 21.0. The minimum absolute atomic E-state index is 0.0446. The summed E-state index contributed by atoms with van der Waals surface area (Å²) in [4.78, 5) is 19.7. The number of esters is 1. The van der Waals surface area contributed by atoms with Crippen LogP contribution in [0, 0.1) is 11.3 Å². The largest absolute Gasteiger partial charge is 0.460 e. The second kappa shape index (κ2) is 9.77. The third kappa shape index (κ3) is 4.42. The highest BCUT2D eigenvalue weighted by Gasteiger charge is 2.59. The summed E-state index contributed by atoms with van der Waals surface area (Å²) in [6.45, 7) is 8.45. The number of piperidine rings is 1. The Morgan fingerprint density at radius 1 is 1.30 bits per heavy atom. The Morgan fingerprint density at radius 2 is 2.13 bits per heavy atom. The van der Waals surface area contributed by atoms with Crippen molar-refractivity contribution in [2.24, 2.45) is 11.3 Å². The van der Waals surface area contributed by atoms with Crippen LogP contribution >= 0.6 is 0 Å². The van der Waals surface area contributed by atoms with Gasteiger partial charge in [-0.1, -0.05) is 33.1 Å². The van der Waals surface area contributed by atoms with E-state index in [1.54, 1.807) is 6.33 Å². The molecular weight excluding hydrogens is 378 g/mol. The zero-order valence-corrected chi connectivity index (χ0v) is 18.8. The van der Waals surface area contributed by atoms with Crippen LogP contribution in [-0.4, -0.2) is 64.0 Å². The minimum atomic E-state index is 0.0446. The summed E-state index contributed by atoms with van der Waals surface area (Å²) in [5.74, 6) is 0.106. The van der Waals surface area contributed by atoms with Gasteiger partial charge in [0.15, 0.2) is 0 Å². The number of hydrogen-bond acceptors (Lipinski definition) is 6. The molecule has 0 aromatic carbocycles. The molecule has 1 aliphatic carbocycles. The first-order chi connectivity index (χ1) is 14.7. The number of aromatic nitrogens is 3. The van der Waals surface area contributed by atoms with Gasteiger partial charge >= 0.3 is 5.97 Å². The van der Waals surface area contributed by atoms with E-state index in [-0.39, 0.29) is 23.4 Å². The molecule has 4 unspecified atom stereocenters.